The minimum Gasteiger partial charge on any atom is -0.486 e. The lowest BCUT2D eigenvalue weighted by Gasteiger charge is -2.21. The molecule has 132 valence electrons. The Morgan fingerprint density at radius 2 is 1.68 bits per heavy atom. The molecule has 8 heteroatoms. The highest BCUT2D eigenvalue weighted by molar-refractivity contribution is 7.89. The van der Waals surface area contributed by atoms with Gasteiger partial charge in [-0.1, -0.05) is 12.1 Å². The number of nitrogens with zero attached hydrogens (tertiary/aromatic N) is 1. The van der Waals surface area contributed by atoms with E-state index in [9.17, 15) is 18.3 Å². The van der Waals surface area contributed by atoms with Gasteiger partial charge in [0.2, 0.25) is 10.0 Å². The van der Waals surface area contributed by atoms with Crippen LogP contribution in [0.5, 0.6) is 11.5 Å². The molecule has 0 saturated heterocycles. The van der Waals surface area contributed by atoms with Crippen molar-refractivity contribution >= 4 is 16.0 Å². The van der Waals surface area contributed by atoms with Crippen molar-refractivity contribution in [1.82, 2.24) is 4.31 Å². The van der Waals surface area contributed by atoms with Gasteiger partial charge in [-0.2, -0.15) is 0 Å². The van der Waals surface area contributed by atoms with Crippen molar-refractivity contribution in [2.45, 2.75) is 4.90 Å². The van der Waals surface area contributed by atoms with Gasteiger partial charge in [0.25, 0.3) is 0 Å². The van der Waals surface area contributed by atoms with Gasteiger partial charge in [-0.25, -0.2) is 17.5 Å². The maximum absolute atomic E-state index is 12.1. The molecule has 7 nitrogen and oxygen atoms in total. The summed E-state index contributed by atoms with van der Waals surface area (Å²) in [5.41, 5.74) is 1.30. The summed E-state index contributed by atoms with van der Waals surface area (Å²) in [7, 11) is -0.594. The SMILES string of the molecule is CN(C)S(=O)(=O)c1ccc(-c2cc3c(c(C(=O)O)c2)OCCO3)cc1. The van der Waals surface area contributed by atoms with Gasteiger partial charge in [-0.3, -0.25) is 0 Å². The van der Waals surface area contributed by atoms with Gasteiger partial charge in [0.05, 0.1) is 4.90 Å². The number of ether oxygens (including phenoxy) is 2. The molecule has 3 rings (SSSR count). The summed E-state index contributed by atoms with van der Waals surface area (Å²) in [6, 6.07) is 9.42. The van der Waals surface area contributed by atoms with Crippen LogP contribution in [0.3, 0.4) is 0 Å². The molecule has 25 heavy (non-hydrogen) atoms. The highest BCUT2D eigenvalue weighted by Crippen LogP contribution is 2.38. The molecule has 2 aromatic carbocycles. The van der Waals surface area contributed by atoms with Crippen LogP contribution in [0.1, 0.15) is 10.4 Å². The van der Waals surface area contributed by atoms with E-state index in [0.717, 1.165) is 4.31 Å². The summed E-state index contributed by atoms with van der Waals surface area (Å²) >= 11 is 0. The van der Waals surface area contributed by atoms with E-state index in [1.54, 1.807) is 18.2 Å². The van der Waals surface area contributed by atoms with E-state index in [1.165, 1.54) is 32.3 Å². The van der Waals surface area contributed by atoms with Gasteiger partial charge in [0, 0.05) is 14.1 Å². The predicted molar refractivity (Wildman–Crippen MR) is 90.7 cm³/mol. The minimum atomic E-state index is -3.52. The second-order valence-electron chi connectivity index (χ2n) is 5.66. The molecule has 2 aromatic rings. The summed E-state index contributed by atoms with van der Waals surface area (Å²) in [5.74, 6) is -0.532. The molecule has 1 N–H and O–H groups in total. The zero-order valence-electron chi connectivity index (χ0n) is 13.7. The lowest BCUT2D eigenvalue weighted by molar-refractivity contribution is 0.0686. The zero-order chi connectivity index (χ0) is 18.2. The highest BCUT2D eigenvalue weighted by atomic mass is 32.2. The van der Waals surface area contributed by atoms with Gasteiger partial charge in [-0.05, 0) is 35.4 Å². The Balaban J connectivity index is 2.05. The van der Waals surface area contributed by atoms with E-state index in [2.05, 4.69) is 0 Å². The quantitative estimate of drug-likeness (QED) is 0.894. The van der Waals surface area contributed by atoms with Crippen LogP contribution in [-0.4, -0.2) is 51.1 Å². The fourth-order valence-corrected chi connectivity index (χ4v) is 3.41. The van der Waals surface area contributed by atoms with Gasteiger partial charge in [-0.15, -0.1) is 0 Å². The van der Waals surface area contributed by atoms with E-state index in [-0.39, 0.29) is 16.2 Å². The number of carboxylic acids is 1. The Labute approximate surface area is 145 Å². The Bertz CT molecular complexity index is 919. The van der Waals surface area contributed by atoms with Crippen LogP contribution in [0, 0.1) is 0 Å². The van der Waals surface area contributed by atoms with Crippen LogP contribution < -0.4 is 9.47 Å². The smallest absolute Gasteiger partial charge is 0.339 e. The van der Waals surface area contributed by atoms with Gasteiger partial charge in [0.1, 0.15) is 18.8 Å². The van der Waals surface area contributed by atoms with E-state index in [1.807, 2.05) is 0 Å². The van der Waals surface area contributed by atoms with Gasteiger partial charge >= 0.3 is 5.97 Å². The van der Waals surface area contributed by atoms with Crippen molar-refractivity contribution in [2.75, 3.05) is 27.3 Å². The number of hydrogen-bond acceptors (Lipinski definition) is 5. The summed E-state index contributed by atoms with van der Waals surface area (Å²) in [4.78, 5) is 11.7. The van der Waals surface area contributed by atoms with Crippen molar-refractivity contribution in [3.05, 3.63) is 42.0 Å². The van der Waals surface area contributed by atoms with Crippen molar-refractivity contribution in [3.8, 4) is 22.6 Å². The molecule has 0 fully saturated rings. The van der Waals surface area contributed by atoms with Crippen LogP contribution in [0.2, 0.25) is 0 Å². The Hall–Kier alpha value is -2.58. The van der Waals surface area contributed by atoms with Crippen molar-refractivity contribution in [1.29, 1.82) is 0 Å². The Morgan fingerprint density at radius 1 is 1.04 bits per heavy atom. The summed E-state index contributed by atoms with van der Waals surface area (Å²) < 4.78 is 36.3. The molecule has 1 aliphatic rings. The Morgan fingerprint density at radius 3 is 2.28 bits per heavy atom. The minimum absolute atomic E-state index is 0.0113. The first-order valence-corrected chi connectivity index (χ1v) is 8.94. The Kier molecular flexibility index (Phi) is 4.40. The standard InChI is InChI=1S/C17H17NO6S/c1-18(2)25(21,22)13-5-3-11(4-6-13)12-9-14(17(19)20)16-15(10-12)23-7-8-24-16/h3-6,9-10H,7-8H2,1-2H3,(H,19,20). The van der Waals surface area contributed by atoms with Crippen LogP contribution in [-0.2, 0) is 10.0 Å². The van der Waals surface area contributed by atoms with Crippen molar-refractivity contribution in [2.24, 2.45) is 0 Å². The topological polar surface area (TPSA) is 93.1 Å². The van der Waals surface area contributed by atoms with E-state index in [4.69, 9.17) is 9.47 Å². The summed E-state index contributed by atoms with van der Waals surface area (Å²) in [5, 5.41) is 9.40. The number of benzene rings is 2. The molecule has 1 aliphatic heterocycles. The molecule has 0 aliphatic carbocycles. The van der Waals surface area contributed by atoms with Gasteiger partial charge < -0.3 is 14.6 Å². The first-order chi connectivity index (χ1) is 11.8. The monoisotopic (exact) mass is 363 g/mol. The van der Waals surface area contributed by atoms with E-state index >= 15 is 0 Å². The third-order valence-electron chi connectivity index (χ3n) is 3.84. The van der Waals surface area contributed by atoms with E-state index in [0.29, 0.717) is 30.1 Å². The zero-order valence-corrected chi connectivity index (χ0v) is 14.5. The normalized spacial score (nSPS) is 13.7. The molecule has 0 atom stereocenters. The summed E-state index contributed by atoms with van der Waals surface area (Å²) in [6.07, 6.45) is 0. The summed E-state index contributed by atoms with van der Waals surface area (Å²) in [6.45, 7) is 0.638. The lowest BCUT2D eigenvalue weighted by atomic mass is 10.0. The number of aromatic carboxylic acids is 1. The predicted octanol–water partition coefficient (Wildman–Crippen LogP) is 2.07. The maximum atomic E-state index is 12.1. The molecular formula is C17H17NO6S. The molecule has 1 heterocycles. The molecule has 0 saturated carbocycles. The number of carbonyl (C=O) groups is 1. The number of hydrogen-bond donors (Lipinski definition) is 1. The van der Waals surface area contributed by atoms with E-state index < -0.39 is 16.0 Å². The molecule has 0 spiro atoms. The van der Waals surface area contributed by atoms with Crippen molar-refractivity contribution < 1.29 is 27.8 Å². The van der Waals surface area contributed by atoms with Gasteiger partial charge in [0.15, 0.2) is 11.5 Å². The average Bonchev–Trinajstić information content (AvgIpc) is 2.60. The second-order valence-corrected chi connectivity index (χ2v) is 7.82. The molecule has 0 radical (unpaired) electrons. The molecule has 0 unspecified atom stereocenters. The van der Waals surface area contributed by atoms with Crippen LogP contribution in [0.15, 0.2) is 41.3 Å². The third-order valence-corrected chi connectivity index (χ3v) is 5.67. The number of carboxylic acid groups (broad SMARTS) is 1. The molecule has 0 aromatic heterocycles. The number of fused-ring (bicyclic) bond motifs is 1. The largest absolute Gasteiger partial charge is 0.486 e. The first-order valence-electron chi connectivity index (χ1n) is 7.50. The lowest BCUT2D eigenvalue weighted by Crippen LogP contribution is -2.22. The highest BCUT2D eigenvalue weighted by Gasteiger charge is 2.23. The van der Waals surface area contributed by atoms with Crippen LogP contribution in [0.25, 0.3) is 11.1 Å². The fourth-order valence-electron chi connectivity index (χ4n) is 2.51. The van der Waals surface area contributed by atoms with Crippen LogP contribution in [0.4, 0.5) is 0 Å². The third kappa shape index (κ3) is 3.18. The molecule has 0 bridgehead atoms. The molecule has 0 amide bonds. The molecular weight excluding hydrogens is 346 g/mol. The first kappa shape index (κ1) is 17.2. The number of rotatable bonds is 4. The van der Waals surface area contributed by atoms with Crippen molar-refractivity contribution in [3.63, 3.8) is 0 Å². The van der Waals surface area contributed by atoms with Crippen LogP contribution >= 0.6 is 0 Å². The average molecular weight is 363 g/mol. The number of sulfonamides is 1. The maximum Gasteiger partial charge on any atom is 0.339 e. The fraction of sp³-hybridized carbons (Fsp3) is 0.235. The second kappa shape index (κ2) is 6.38.